The van der Waals surface area contributed by atoms with Crippen LogP contribution < -0.4 is 4.74 Å². The second-order valence-corrected chi connectivity index (χ2v) is 7.05. The molecule has 2 aromatic rings. The first-order valence-corrected chi connectivity index (χ1v) is 9.32. The summed E-state index contributed by atoms with van der Waals surface area (Å²) in [5.74, 6) is 0.790. The van der Waals surface area contributed by atoms with Crippen LogP contribution in [0.25, 0.3) is 0 Å². The highest BCUT2D eigenvalue weighted by molar-refractivity contribution is 5.97. The number of hydrogen-bond donors (Lipinski definition) is 0. The van der Waals surface area contributed by atoms with Crippen molar-refractivity contribution in [2.24, 2.45) is 0 Å². The Kier molecular flexibility index (Phi) is 6.12. The molecule has 0 aromatic heterocycles. The van der Waals surface area contributed by atoms with Crippen molar-refractivity contribution in [1.29, 1.82) is 0 Å². The van der Waals surface area contributed by atoms with Crippen molar-refractivity contribution in [1.82, 2.24) is 9.80 Å². The van der Waals surface area contributed by atoms with Crippen molar-refractivity contribution in [3.05, 3.63) is 65.7 Å². The molecular formula is C22H26N2O3. The first-order chi connectivity index (χ1) is 13.1. The van der Waals surface area contributed by atoms with E-state index < -0.39 is 0 Å². The summed E-state index contributed by atoms with van der Waals surface area (Å²) in [6, 6.07) is 17.6. The van der Waals surface area contributed by atoms with Crippen LogP contribution in [0.2, 0.25) is 0 Å². The van der Waals surface area contributed by atoms with Crippen molar-refractivity contribution < 1.29 is 14.3 Å². The van der Waals surface area contributed by atoms with Gasteiger partial charge in [-0.1, -0.05) is 42.5 Å². The van der Waals surface area contributed by atoms with Crippen molar-refractivity contribution in [2.75, 3.05) is 33.8 Å². The topological polar surface area (TPSA) is 49.9 Å². The average Bonchev–Trinajstić information content (AvgIpc) is 2.72. The first kappa shape index (κ1) is 19.0. The highest BCUT2D eigenvalue weighted by Crippen LogP contribution is 2.29. The minimum Gasteiger partial charge on any atom is -0.483 e. The van der Waals surface area contributed by atoms with E-state index in [0.29, 0.717) is 17.2 Å². The monoisotopic (exact) mass is 366 g/mol. The molecule has 1 aliphatic rings. The molecule has 0 atom stereocenters. The van der Waals surface area contributed by atoms with Crippen molar-refractivity contribution in [2.45, 2.75) is 18.8 Å². The summed E-state index contributed by atoms with van der Waals surface area (Å²) in [6.07, 6.45) is 1.91. The van der Waals surface area contributed by atoms with E-state index in [9.17, 15) is 9.59 Å². The summed E-state index contributed by atoms with van der Waals surface area (Å²) >= 11 is 0. The third-order valence-corrected chi connectivity index (χ3v) is 5.02. The smallest absolute Gasteiger partial charge is 0.259 e. The number of piperidine rings is 1. The van der Waals surface area contributed by atoms with Gasteiger partial charge in [-0.3, -0.25) is 9.59 Å². The van der Waals surface area contributed by atoms with Gasteiger partial charge in [0, 0.05) is 27.2 Å². The Labute approximate surface area is 160 Å². The number of benzene rings is 2. The molecule has 5 nitrogen and oxygen atoms in total. The van der Waals surface area contributed by atoms with Gasteiger partial charge in [-0.15, -0.1) is 0 Å². The zero-order chi connectivity index (χ0) is 19.2. The van der Waals surface area contributed by atoms with Gasteiger partial charge in [-0.05, 0) is 36.5 Å². The second kappa shape index (κ2) is 8.71. The summed E-state index contributed by atoms with van der Waals surface area (Å²) < 4.78 is 5.62. The summed E-state index contributed by atoms with van der Waals surface area (Å²) in [7, 11) is 3.36. The van der Waals surface area contributed by atoms with Gasteiger partial charge in [0.25, 0.3) is 11.8 Å². The highest BCUT2D eigenvalue weighted by atomic mass is 16.5. The maximum atomic E-state index is 13.0. The molecule has 1 aliphatic heterocycles. The lowest BCUT2D eigenvalue weighted by Gasteiger charge is -2.32. The normalized spacial score (nSPS) is 14.7. The molecule has 1 saturated heterocycles. The van der Waals surface area contributed by atoms with Gasteiger partial charge in [0.1, 0.15) is 5.75 Å². The lowest BCUT2D eigenvalue weighted by molar-refractivity contribution is -0.130. The Morgan fingerprint density at radius 2 is 1.63 bits per heavy atom. The van der Waals surface area contributed by atoms with E-state index in [1.165, 1.54) is 10.5 Å². The third-order valence-electron chi connectivity index (χ3n) is 5.02. The predicted octanol–water partition coefficient (Wildman–Crippen LogP) is 3.17. The van der Waals surface area contributed by atoms with Crippen LogP contribution in [0.4, 0.5) is 0 Å². The van der Waals surface area contributed by atoms with E-state index >= 15 is 0 Å². The van der Waals surface area contributed by atoms with E-state index in [-0.39, 0.29) is 18.4 Å². The Hall–Kier alpha value is -2.82. The van der Waals surface area contributed by atoms with Crippen LogP contribution in [0.1, 0.15) is 34.7 Å². The van der Waals surface area contributed by atoms with Gasteiger partial charge in [0.2, 0.25) is 0 Å². The molecule has 2 aromatic carbocycles. The van der Waals surface area contributed by atoms with Crippen LogP contribution in [0.3, 0.4) is 0 Å². The summed E-state index contributed by atoms with van der Waals surface area (Å²) in [5, 5.41) is 0. The molecule has 1 heterocycles. The molecule has 0 unspecified atom stereocenters. The third kappa shape index (κ3) is 4.67. The first-order valence-electron chi connectivity index (χ1n) is 9.32. The van der Waals surface area contributed by atoms with E-state index in [4.69, 9.17) is 4.74 Å². The van der Waals surface area contributed by atoms with Gasteiger partial charge in [-0.2, -0.15) is 0 Å². The molecule has 142 valence electrons. The molecule has 5 heteroatoms. The minimum atomic E-state index is -0.138. The Morgan fingerprint density at radius 3 is 2.30 bits per heavy atom. The SMILES string of the molecule is CN(C)C(=O)COc1ccccc1C(=O)N1CCC(c2ccccc2)CC1. The molecule has 0 radical (unpaired) electrons. The van der Waals surface area contributed by atoms with Crippen molar-refractivity contribution >= 4 is 11.8 Å². The Morgan fingerprint density at radius 1 is 1.00 bits per heavy atom. The summed E-state index contributed by atoms with van der Waals surface area (Å²) in [5.41, 5.74) is 1.86. The average molecular weight is 366 g/mol. The summed E-state index contributed by atoms with van der Waals surface area (Å²) in [6.45, 7) is 1.38. The fourth-order valence-corrected chi connectivity index (χ4v) is 3.35. The number of amides is 2. The molecule has 2 amide bonds. The lowest BCUT2D eigenvalue weighted by Crippen LogP contribution is -2.38. The summed E-state index contributed by atoms with van der Waals surface area (Å²) in [4.78, 5) is 28.1. The zero-order valence-electron chi connectivity index (χ0n) is 15.9. The molecule has 3 rings (SSSR count). The van der Waals surface area contributed by atoms with Crippen LogP contribution in [0.5, 0.6) is 5.75 Å². The van der Waals surface area contributed by atoms with Gasteiger partial charge in [0.15, 0.2) is 6.61 Å². The maximum absolute atomic E-state index is 13.0. The van der Waals surface area contributed by atoms with E-state index in [1.807, 2.05) is 23.1 Å². The van der Waals surface area contributed by atoms with Crippen molar-refractivity contribution in [3.8, 4) is 5.75 Å². The molecule has 1 fully saturated rings. The standard InChI is InChI=1S/C22H26N2O3/c1-23(2)21(25)16-27-20-11-7-6-10-19(20)22(26)24-14-12-18(13-15-24)17-8-4-3-5-9-17/h3-11,18H,12-16H2,1-2H3. The lowest BCUT2D eigenvalue weighted by atomic mass is 9.89. The number of nitrogens with zero attached hydrogens (tertiary/aromatic N) is 2. The molecular weight excluding hydrogens is 340 g/mol. The Bertz CT molecular complexity index is 781. The fraction of sp³-hybridized carbons (Fsp3) is 0.364. The number of rotatable bonds is 5. The number of carbonyl (C=O) groups excluding carboxylic acids is 2. The highest BCUT2D eigenvalue weighted by Gasteiger charge is 2.26. The van der Waals surface area contributed by atoms with Gasteiger partial charge < -0.3 is 14.5 Å². The molecule has 0 spiro atoms. The van der Waals surface area contributed by atoms with Gasteiger partial charge in [-0.25, -0.2) is 0 Å². The molecule has 0 aliphatic carbocycles. The van der Waals surface area contributed by atoms with E-state index in [0.717, 1.165) is 25.9 Å². The number of hydrogen-bond acceptors (Lipinski definition) is 3. The van der Waals surface area contributed by atoms with Crippen molar-refractivity contribution in [3.63, 3.8) is 0 Å². The van der Waals surface area contributed by atoms with Crippen LogP contribution in [-0.2, 0) is 4.79 Å². The number of ether oxygens (including phenoxy) is 1. The van der Waals surface area contributed by atoms with Crippen LogP contribution in [0.15, 0.2) is 54.6 Å². The molecule has 27 heavy (non-hydrogen) atoms. The van der Waals surface area contributed by atoms with Crippen LogP contribution in [-0.4, -0.2) is 55.4 Å². The van der Waals surface area contributed by atoms with Crippen LogP contribution in [0, 0.1) is 0 Å². The largest absolute Gasteiger partial charge is 0.483 e. The fourth-order valence-electron chi connectivity index (χ4n) is 3.35. The number of likely N-dealkylation sites (tertiary alicyclic amines) is 1. The maximum Gasteiger partial charge on any atom is 0.259 e. The minimum absolute atomic E-state index is 0.0330. The number of para-hydroxylation sites is 1. The quantitative estimate of drug-likeness (QED) is 0.817. The van der Waals surface area contributed by atoms with Gasteiger partial charge in [0.05, 0.1) is 5.56 Å². The second-order valence-electron chi connectivity index (χ2n) is 7.05. The molecule has 0 saturated carbocycles. The molecule has 0 N–H and O–H groups in total. The predicted molar refractivity (Wildman–Crippen MR) is 105 cm³/mol. The molecule has 0 bridgehead atoms. The van der Waals surface area contributed by atoms with Gasteiger partial charge >= 0.3 is 0 Å². The van der Waals surface area contributed by atoms with E-state index in [2.05, 4.69) is 24.3 Å². The van der Waals surface area contributed by atoms with E-state index in [1.54, 1.807) is 26.2 Å². The Balaban J connectivity index is 1.64. The van der Waals surface area contributed by atoms with Crippen LogP contribution >= 0.6 is 0 Å². The number of carbonyl (C=O) groups is 2. The zero-order valence-corrected chi connectivity index (χ0v) is 15.9. The number of likely N-dealkylation sites (N-methyl/N-ethyl adjacent to an activating group) is 1.